The van der Waals surface area contributed by atoms with E-state index in [2.05, 4.69) is 0 Å². The van der Waals surface area contributed by atoms with E-state index in [0.29, 0.717) is 17.7 Å². The van der Waals surface area contributed by atoms with Crippen LogP contribution in [0.2, 0.25) is 0 Å². The second-order valence-corrected chi connectivity index (χ2v) is 9.23. The highest BCUT2D eigenvalue weighted by Gasteiger charge is 2.36. The van der Waals surface area contributed by atoms with Gasteiger partial charge in [0, 0.05) is 29.3 Å². The SMILES string of the molecule is COc1ccc(C2=NN(C(=O)c3ccccc3)C(c3cn(-c4ccccc4)nc3-c3ccc(F)cc3)C2)cc1. The third-order valence-corrected chi connectivity index (χ3v) is 6.80. The first-order chi connectivity index (χ1) is 19.1. The Hall–Kier alpha value is -5.04. The van der Waals surface area contributed by atoms with Gasteiger partial charge in [0.25, 0.3) is 5.91 Å². The van der Waals surface area contributed by atoms with E-state index in [9.17, 15) is 9.18 Å². The van der Waals surface area contributed by atoms with Crippen molar-refractivity contribution in [2.45, 2.75) is 12.5 Å². The molecule has 7 heteroatoms. The zero-order valence-corrected chi connectivity index (χ0v) is 21.2. The van der Waals surface area contributed by atoms with Crippen LogP contribution in [-0.2, 0) is 0 Å². The number of carbonyl (C=O) groups is 1. The van der Waals surface area contributed by atoms with E-state index >= 15 is 0 Å². The van der Waals surface area contributed by atoms with Crippen LogP contribution in [0.5, 0.6) is 5.75 Å². The second kappa shape index (κ2) is 10.4. The normalized spacial score (nSPS) is 14.8. The molecule has 1 unspecified atom stereocenters. The first kappa shape index (κ1) is 24.3. The van der Waals surface area contributed by atoms with Crippen LogP contribution >= 0.6 is 0 Å². The van der Waals surface area contributed by atoms with Crippen molar-refractivity contribution in [3.05, 3.63) is 138 Å². The molecule has 0 spiro atoms. The predicted octanol–water partition coefficient (Wildman–Crippen LogP) is 6.68. The molecule has 1 amide bonds. The zero-order valence-electron chi connectivity index (χ0n) is 21.2. The summed E-state index contributed by atoms with van der Waals surface area (Å²) >= 11 is 0. The number of halogens is 1. The van der Waals surface area contributed by atoms with Crippen LogP contribution in [0.3, 0.4) is 0 Å². The average molecular weight is 517 g/mol. The topological polar surface area (TPSA) is 59.7 Å². The maximum Gasteiger partial charge on any atom is 0.274 e. The standard InChI is InChI=1S/C32H25FN4O2/c1-39-27-18-14-22(15-19-27)29-20-30(37(34-29)32(38)24-8-4-2-5-9-24)28-21-36(26-10-6-3-7-11-26)35-31(28)23-12-16-25(33)17-13-23/h2-19,21,30H,20H2,1H3. The van der Waals surface area contributed by atoms with E-state index in [1.807, 2.05) is 79.0 Å². The van der Waals surface area contributed by atoms with Gasteiger partial charge in [0.15, 0.2) is 0 Å². The molecule has 1 aliphatic heterocycles. The fourth-order valence-corrected chi connectivity index (χ4v) is 4.79. The van der Waals surface area contributed by atoms with Gasteiger partial charge >= 0.3 is 0 Å². The minimum absolute atomic E-state index is 0.207. The molecule has 192 valence electrons. The van der Waals surface area contributed by atoms with Gasteiger partial charge in [0.1, 0.15) is 11.6 Å². The Morgan fingerprint density at radius 1 is 0.846 bits per heavy atom. The first-order valence-corrected chi connectivity index (χ1v) is 12.6. The summed E-state index contributed by atoms with van der Waals surface area (Å²) in [5.41, 5.74) is 5.35. The molecule has 5 aromatic rings. The summed E-state index contributed by atoms with van der Waals surface area (Å²) < 4.78 is 20.9. The predicted molar refractivity (Wildman–Crippen MR) is 148 cm³/mol. The van der Waals surface area contributed by atoms with E-state index in [-0.39, 0.29) is 11.7 Å². The van der Waals surface area contributed by atoms with Crippen molar-refractivity contribution >= 4 is 11.6 Å². The van der Waals surface area contributed by atoms with Gasteiger partial charge in [-0.1, -0.05) is 36.4 Å². The Morgan fingerprint density at radius 2 is 1.49 bits per heavy atom. The maximum atomic E-state index is 13.8. The molecule has 6 nitrogen and oxygen atoms in total. The van der Waals surface area contributed by atoms with Crippen molar-refractivity contribution in [1.29, 1.82) is 0 Å². The monoisotopic (exact) mass is 516 g/mol. The zero-order chi connectivity index (χ0) is 26.8. The van der Waals surface area contributed by atoms with E-state index in [1.54, 1.807) is 41.1 Å². The van der Waals surface area contributed by atoms with Gasteiger partial charge in [-0.3, -0.25) is 4.79 Å². The number of benzene rings is 4. The molecule has 6 rings (SSSR count). The van der Waals surface area contributed by atoms with Gasteiger partial charge < -0.3 is 4.74 Å². The van der Waals surface area contributed by atoms with Gasteiger partial charge in [0.05, 0.1) is 30.2 Å². The summed E-state index contributed by atoms with van der Waals surface area (Å²) in [6.45, 7) is 0. The van der Waals surface area contributed by atoms with Crippen LogP contribution in [-0.4, -0.2) is 33.5 Å². The van der Waals surface area contributed by atoms with Gasteiger partial charge in [-0.2, -0.15) is 10.2 Å². The lowest BCUT2D eigenvalue weighted by Gasteiger charge is -2.22. The minimum Gasteiger partial charge on any atom is -0.497 e. The lowest BCUT2D eigenvalue weighted by Crippen LogP contribution is -2.27. The number of methoxy groups -OCH3 is 1. The molecule has 1 aromatic heterocycles. The molecule has 39 heavy (non-hydrogen) atoms. The van der Waals surface area contributed by atoms with Crippen LogP contribution < -0.4 is 4.74 Å². The minimum atomic E-state index is -0.424. The maximum absolute atomic E-state index is 13.8. The van der Waals surface area contributed by atoms with E-state index in [0.717, 1.165) is 33.8 Å². The molecule has 1 atom stereocenters. The number of hydrazone groups is 1. The number of hydrogen-bond acceptors (Lipinski definition) is 4. The van der Waals surface area contributed by atoms with Crippen molar-refractivity contribution in [2.75, 3.05) is 7.11 Å². The van der Waals surface area contributed by atoms with Crippen LogP contribution in [0.1, 0.15) is 33.9 Å². The number of nitrogens with zero attached hydrogens (tertiary/aromatic N) is 4. The molecular weight excluding hydrogens is 491 g/mol. The number of amides is 1. The number of aromatic nitrogens is 2. The number of carbonyl (C=O) groups excluding carboxylic acids is 1. The molecule has 4 aromatic carbocycles. The van der Waals surface area contributed by atoms with Crippen molar-refractivity contribution in [3.8, 4) is 22.7 Å². The molecule has 0 N–H and O–H groups in total. The summed E-state index contributed by atoms with van der Waals surface area (Å²) in [5, 5.41) is 11.3. The molecule has 0 fully saturated rings. The Balaban J connectivity index is 1.48. The van der Waals surface area contributed by atoms with E-state index < -0.39 is 6.04 Å². The summed E-state index contributed by atoms with van der Waals surface area (Å²) in [4.78, 5) is 13.8. The molecule has 0 radical (unpaired) electrons. The fourth-order valence-electron chi connectivity index (χ4n) is 4.79. The quantitative estimate of drug-likeness (QED) is 0.253. The van der Waals surface area contributed by atoms with Crippen molar-refractivity contribution in [1.82, 2.24) is 14.8 Å². The second-order valence-electron chi connectivity index (χ2n) is 9.23. The molecule has 1 aliphatic rings. The average Bonchev–Trinajstić information content (AvgIpc) is 3.64. The summed E-state index contributed by atoms with van der Waals surface area (Å²) in [6.07, 6.45) is 2.43. The van der Waals surface area contributed by atoms with Gasteiger partial charge in [0.2, 0.25) is 0 Å². The lowest BCUT2D eigenvalue weighted by atomic mass is 9.96. The number of rotatable bonds is 6. The molecule has 0 saturated carbocycles. The van der Waals surface area contributed by atoms with Crippen LogP contribution in [0.15, 0.2) is 120 Å². The van der Waals surface area contributed by atoms with Crippen LogP contribution in [0.4, 0.5) is 4.39 Å². The summed E-state index contributed by atoms with van der Waals surface area (Å²) in [5.74, 6) is 0.213. The van der Waals surface area contributed by atoms with Gasteiger partial charge in [-0.25, -0.2) is 14.1 Å². The first-order valence-electron chi connectivity index (χ1n) is 12.6. The van der Waals surface area contributed by atoms with Gasteiger partial charge in [-0.05, 0) is 78.4 Å². The highest BCUT2D eigenvalue weighted by Crippen LogP contribution is 2.39. The molecular formula is C32H25FN4O2. The largest absolute Gasteiger partial charge is 0.497 e. The molecule has 2 heterocycles. The third kappa shape index (κ3) is 4.82. The fraction of sp³-hybridized carbons (Fsp3) is 0.0938. The van der Waals surface area contributed by atoms with E-state index in [1.165, 1.54) is 12.1 Å². The van der Waals surface area contributed by atoms with Crippen molar-refractivity contribution in [3.63, 3.8) is 0 Å². The van der Waals surface area contributed by atoms with Crippen molar-refractivity contribution in [2.24, 2.45) is 5.10 Å². The molecule has 0 aliphatic carbocycles. The highest BCUT2D eigenvalue weighted by atomic mass is 19.1. The Kier molecular flexibility index (Phi) is 6.47. The number of hydrogen-bond donors (Lipinski definition) is 0. The van der Waals surface area contributed by atoms with Gasteiger partial charge in [-0.15, -0.1) is 0 Å². The smallest absolute Gasteiger partial charge is 0.274 e. The summed E-state index contributed by atoms with van der Waals surface area (Å²) in [6, 6.07) is 32.4. The summed E-state index contributed by atoms with van der Waals surface area (Å²) in [7, 11) is 1.62. The highest BCUT2D eigenvalue weighted by molar-refractivity contribution is 6.05. The number of ether oxygens (including phenoxy) is 1. The molecule has 0 bridgehead atoms. The Bertz CT molecular complexity index is 1630. The Morgan fingerprint density at radius 3 is 2.15 bits per heavy atom. The Labute approximate surface area is 225 Å². The van der Waals surface area contributed by atoms with Crippen LogP contribution in [0.25, 0.3) is 16.9 Å². The van der Waals surface area contributed by atoms with E-state index in [4.69, 9.17) is 14.9 Å². The number of para-hydroxylation sites is 1. The van der Waals surface area contributed by atoms with Crippen molar-refractivity contribution < 1.29 is 13.9 Å². The molecule has 0 saturated heterocycles. The van der Waals surface area contributed by atoms with Crippen LogP contribution in [0, 0.1) is 5.82 Å². The third-order valence-electron chi connectivity index (χ3n) is 6.80. The lowest BCUT2D eigenvalue weighted by molar-refractivity contribution is 0.0711.